The molecule has 2 heterocycles. The lowest BCUT2D eigenvalue weighted by Gasteiger charge is -2.30. The van der Waals surface area contributed by atoms with Gasteiger partial charge >= 0.3 is 0 Å². The highest BCUT2D eigenvalue weighted by molar-refractivity contribution is 7.88. The van der Waals surface area contributed by atoms with E-state index in [0.29, 0.717) is 25.2 Å². The maximum atomic E-state index is 12.4. The Morgan fingerprint density at radius 3 is 2.76 bits per heavy atom. The molecular formula is C14H23N3O3S. The summed E-state index contributed by atoms with van der Waals surface area (Å²) in [5, 5.41) is 4.29. The lowest BCUT2D eigenvalue weighted by molar-refractivity contribution is 0.0933. The van der Waals surface area contributed by atoms with Crippen LogP contribution in [0.25, 0.3) is 0 Å². The summed E-state index contributed by atoms with van der Waals surface area (Å²) in [7, 11) is -1.39. The van der Waals surface area contributed by atoms with E-state index in [-0.39, 0.29) is 11.7 Å². The minimum absolute atomic E-state index is 0.0463. The molecule has 0 aliphatic carbocycles. The molecule has 2 rings (SSSR count). The van der Waals surface area contributed by atoms with Gasteiger partial charge in [-0.1, -0.05) is 6.92 Å². The molecule has 6 nitrogen and oxygen atoms in total. The van der Waals surface area contributed by atoms with Crippen molar-refractivity contribution in [3.8, 4) is 0 Å². The van der Waals surface area contributed by atoms with Crippen LogP contribution in [0.5, 0.6) is 0 Å². The van der Waals surface area contributed by atoms with Gasteiger partial charge in [-0.15, -0.1) is 0 Å². The van der Waals surface area contributed by atoms with E-state index in [1.54, 1.807) is 11.7 Å². The maximum Gasteiger partial charge on any atom is 0.211 e. The molecule has 1 aliphatic rings. The van der Waals surface area contributed by atoms with Crippen LogP contribution in [0.1, 0.15) is 42.4 Å². The number of hydrogen-bond donors (Lipinski definition) is 0. The number of ketones is 1. The Morgan fingerprint density at radius 1 is 1.48 bits per heavy atom. The molecule has 1 unspecified atom stereocenters. The van der Waals surface area contributed by atoms with E-state index in [1.165, 1.54) is 10.6 Å². The minimum Gasteiger partial charge on any atom is -0.292 e. The molecule has 0 spiro atoms. The molecule has 1 aliphatic heterocycles. The number of nitrogens with zero attached hydrogens (tertiary/aromatic N) is 3. The fraction of sp³-hybridized carbons (Fsp3) is 0.714. The van der Waals surface area contributed by atoms with Crippen LogP contribution >= 0.6 is 0 Å². The molecule has 1 fully saturated rings. The van der Waals surface area contributed by atoms with Crippen LogP contribution in [0.4, 0.5) is 0 Å². The highest BCUT2D eigenvalue weighted by atomic mass is 32.2. The fourth-order valence-electron chi connectivity index (χ4n) is 2.82. The number of aryl methyl sites for hydroxylation is 2. The highest BCUT2D eigenvalue weighted by Crippen LogP contribution is 2.23. The van der Waals surface area contributed by atoms with Gasteiger partial charge in [0.15, 0.2) is 5.78 Å². The summed E-state index contributed by atoms with van der Waals surface area (Å²) in [5.74, 6) is 0.144. The molecule has 0 radical (unpaired) electrons. The smallest absolute Gasteiger partial charge is 0.211 e. The first-order chi connectivity index (χ1) is 9.81. The van der Waals surface area contributed by atoms with Crippen molar-refractivity contribution in [2.75, 3.05) is 19.3 Å². The highest BCUT2D eigenvalue weighted by Gasteiger charge is 2.28. The quantitative estimate of drug-likeness (QED) is 0.766. The Morgan fingerprint density at radius 2 is 2.19 bits per heavy atom. The molecule has 1 atom stereocenters. The van der Waals surface area contributed by atoms with E-state index in [4.69, 9.17) is 0 Å². The van der Waals surface area contributed by atoms with E-state index in [9.17, 15) is 13.2 Å². The SMILES string of the molecule is CCc1cc(C(=O)CC2CCCN(S(C)(=O)=O)C2)n(C)n1. The van der Waals surface area contributed by atoms with Crippen LogP contribution in [0, 0.1) is 5.92 Å². The lowest BCUT2D eigenvalue weighted by atomic mass is 9.93. The van der Waals surface area contributed by atoms with Crippen molar-refractivity contribution in [2.45, 2.75) is 32.6 Å². The average Bonchev–Trinajstić information content (AvgIpc) is 2.79. The standard InChI is InChI=1S/C14H23N3O3S/c1-4-12-9-13(16(2)15-12)14(18)8-11-6-5-7-17(10-11)21(3,19)20/h9,11H,4-8,10H2,1-3H3. The van der Waals surface area contributed by atoms with E-state index >= 15 is 0 Å². The zero-order valence-electron chi connectivity index (χ0n) is 12.9. The predicted molar refractivity (Wildman–Crippen MR) is 80.7 cm³/mol. The number of Topliss-reactive ketones (excluding diaryl/α,β-unsaturated/α-hetero) is 1. The van der Waals surface area contributed by atoms with Crippen LogP contribution in [0.3, 0.4) is 0 Å². The van der Waals surface area contributed by atoms with Crippen LogP contribution < -0.4 is 0 Å². The number of rotatable bonds is 5. The molecule has 1 aromatic rings. The second-order valence-corrected chi connectivity index (χ2v) is 7.74. The van der Waals surface area contributed by atoms with Crippen LogP contribution in [0.2, 0.25) is 0 Å². The Hall–Kier alpha value is -1.21. The third-order valence-electron chi connectivity index (χ3n) is 4.00. The summed E-state index contributed by atoms with van der Waals surface area (Å²) < 4.78 is 26.3. The molecule has 0 N–H and O–H groups in total. The van der Waals surface area contributed by atoms with Crippen molar-refractivity contribution in [1.29, 1.82) is 0 Å². The zero-order valence-corrected chi connectivity index (χ0v) is 13.7. The number of sulfonamides is 1. The van der Waals surface area contributed by atoms with Crippen molar-refractivity contribution in [1.82, 2.24) is 14.1 Å². The van der Waals surface area contributed by atoms with Gasteiger partial charge in [-0.25, -0.2) is 12.7 Å². The Balaban J connectivity index is 2.03. The van der Waals surface area contributed by atoms with E-state index in [2.05, 4.69) is 5.10 Å². The first kappa shape index (κ1) is 16.2. The van der Waals surface area contributed by atoms with Crippen molar-refractivity contribution in [3.05, 3.63) is 17.5 Å². The average molecular weight is 313 g/mol. The third kappa shape index (κ3) is 3.91. The number of aromatic nitrogens is 2. The van der Waals surface area contributed by atoms with Crippen LogP contribution in [-0.2, 0) is 23.5 Å². The molecular weight excluding hydrogens is 290 g/mol. The molecule has 118 valence electrons. The van der Waals surface area contributed by atoms with Gasteiger partial charge in [0, 0.05) is 26.6 Å². The van der Waals surface area contributed by atoms with Crippen LogP contribution in [-0.4, -0.2) is 47.6 Å². The predicted octanol–water partition coefficient (Wildman–Crippen LogP) is 1.23. The minimum atomic E-state index is -3.16. The molecule has 1 aromatic heterocycles. The zero-order chi connectivity index (χ0) is 15.6. The summed E-state index contributed by atoms with van der Waals surface area (Å²) in [5.41, 5.74) is 1.52. The summed E-state index contributed by atoms with van der Waals surface area (Å²) in [6.07, 6.45) is 4.12. The number of piperidine rings is 1. The summed E-state index contributed by atoms with van der Waals surface area (Å²) in [6, 6.07) is 1.83. The molecule has 0 aromatic carbocycles. The summed E-state index contributed by atoms with van der Waals surface area (Å²) in [6.45, 7) is 3.01. The number of carbonyl (C=O) groups is 1. The van der Waals surface area contributed by atoms with Crippen molar-refractivity contribution in [2.24, 2.45) is 13.0 Å². The second kappa shape index (κ2) is 6.27. The molecule has 0 bridgehead atoms. The van der Waals surface area contributed by atoms with E-state index in [1.807, 2.05) is 13.0 Å². The fourth-order valence-corrected chi connectivity index (χ4v) is 3.76. The van der Waals surface area contributed by atoms with Gasteiger partial charge in [0.05, 0.1) is 11.9 Å². The molecule has 0 saturated carbocycles. The van der Waals surface area contributed by atoms with Crippen molar-refractivity contribution in [3.63, 3.8) is 0 Å². The third-order valence-corrected chi connectivity index (χ3v) is 5.27. The van der Waals surface area contributed by atoms with Crippen molar-refractivity contribution < 1.29 is 13.2 Å². The van der Waals surface area contributed by atoms with Gasteiger partial charge in [0.1, 0.15) is 5.69 Å². The number of hydrogen-bond acceptors (Lipinski definition) is 4. The van der Waals surface area contributed by atoms with Crippen LogP contribution in [0.15, 0.2) is 6.07 Å². The van der Waals surface area contributed by atoms with Gasteiger partial charge < -0.3 is 0 Å². The van der Waals surface area contributed by atoms with E-state index < -0.39 is 10.0 Å². The van der Waals surface area contributed by atoms with Gasteiger partial charge in [0.25, 0.3) is 0 Å². The Kier molecular flexibility index (Phi) is 4.83. The molecule has 21 heavy (non-hydrogen) atoms. The maximum absolute atomic E-state index is 12.4. The van der Waals surface area contributed by atoms with Gasteiger partial charge in [-0.2, -0.15) is 5.10 Å². The summed E-state index contributed by atoms with van der Waals surface area (Å²) >= 11 is 0. The second-order valence-electron chi connectivity index (χ2n) is 5.75. The number of carbonyl (C=O) groups excluding carboxylic acids is 1. The first-order valence-corrected chi connectivity index (χ1v) is 9.17. The van der Waals surface area contributed by atoms with Gasteiger partial charge in [0.2, 0.25) is 10.0 Å². The van der Waals surface area contributed by atoms with Gasteiger partial charge in [-0.3, -0.25) is 9.48 Å². The monoisotopic (exact) mass is 313 g/mol. The Labute approximate surface area is 126 Å². The molecule has 1 saturated heterocycles. The summed E-state index contributed by atoms with van der Waals surface area (Å²) in [4.78, 5) is 12.4. The Bertz CT molecular complexity index is 621. The topological polar surface area (TPSA) is 72.3 Å². The largest absolute Gasteiger partial charge is 0.292 e. The first-order valence-electron chi connectivity index (χ1n) is 7.32. The molecule has 7 heteroatoms. The normalized spacial score (nSPS) is 20.6. The van der Waals surface area contributed by atoms with E-state index in [0.717, 1.165) is 25.0 Å². The lowest BCUT2D eigenvalue weighted by Crippen LogP contribution is -2.39. The van der Waals surface area contributed by atoms with Gasteiger partial charge in [-0.05, 0) is 31.2 Å². The molecule has 0 amide bonds. The van der Waals surface area contributed by atoms with Crippen molar-refractivity contribution >= 4 is 15.8 Å².